The number of rotatable bonds is 3. The van der Waals surface area contributed by atoms with Crippen LogP contribution in [0.2, 0.25) is 0 Å². The van der Waals surface area contributed by atoms with Crippen LogP contribution in [0.5, 0.6) is 0 Å². The van der Waals surface area contributed by atoms with Gasteiger partial charge in [0.05, 0.1) is 0 Å². The van der Waals surface area contributed by atoms with E-state index in [1.807, 2.05) is 0 Å². The molecule has 0 radical (unpaired) electrons. The minimum atomic E-state index is 0.702. The Hall–Kier alpha value is -0.0400. The monoisotopic (exact) mass is 183 g/mol. The first-order chi connectivity index (χ1) is 6.16. The Morgan fingerprint density at radius 2 is 1.54 bits per heavy atom. The van der Waals surface area contributed by atoms with Gasteiger partial charge in [-0.1, -0.05) is 26.7 Å². The predicted octanol–water partition coefficient (Wildman–Crippen LogP) is 3.06. The Bertz CT molecular complexity index is 142. The van der Waals surface area contributed by atoms with Crippen LogP contribution in [0.25, 0.3) is 0 Å². The number of hydrogen-bond acceptors (Lipinski definition) is 1. The van der Waals surface area contributed by atoms with Gasteiger partial charge in [0.2, 0.25) is 0 Å². The lowest BCUT2D eigenvalue weighted by Gasteiger charge is -2.38. The van der Waals surface area contributed by atoms with Gasteiger partial charge in [0.15, 0.2) is 0 Å². The first-order valence-corrected chi connectivity index (χ1v) is 5.84. The second-order valence-electron chi connectivity index (χ2n) is 4.93. The quantitative estimate of drug-likeness (QED) is 0.709. The third kappa shape index (κ3) is 2.70. The SMILES string of the molecule is CNC(C)C1CCCCC1C(C)C. The van der Waals surface area contributed by atoms with Crippen LogP contribution < -0.4 is 5.32 Å². The largest absolute Gasteiger partial charge is 0.317 e. The molecule has 0 aliphatic heterocycles. The van der Waals surface area contributed by atoms with Crippen molar-refractivity contribution in [2.45, 2.75) is 52.5 Å². The highest BCUT2D eigenvalue weighted by molar-refractivity contribution is 4.83. The van der Waals surface area contributed by atoms with E-state index in [1.165, 1.54) is 25.7 Å². The molecule has 0 amide bonds. The summed E-state index contributed by atoms with van der Waals surface area (Å²) in [4.78, 5) is 0. The van der Waals surface area contributed by atoms with E-state index in [-0.39, 0.29) is 0 Å². The lowest BCUT2D eigenvalue weighted by atomic mass is 9.71. The third-order valence-electron chi connectivity index (χ3n) is 3.83. The van der Waals surface area contributed by atoms with E-state index in [0.29, 0.717) is 6.04 Å². The first-order valence-electron chi connectivity index (χ1n) is 5.84. The molecular weight excluding hydrogens is 158 g/mol. The molecule has 0 bridgehead atoms. The zero-order valence-electron chi connectivity index (χ0n) is 9.64. The van der Waals surface area contributed by atoms with Gasteiger partial charge in [0.1, 0.15) is 0 Å². The van der Waals surface area contributed by atoms with Crippen molar-refractivity contribution < 1.29 is 0 Å². The molecule has 1 aliphatic rings. The fourth-order valence-electron chi connectivity index (χ4n) is 2.85. The van der Waals surface area contributed by atoms with Gasteiger partial charge >= 0.3 is 0 Å². The van der Waals surface area contributed by atoms with Crippen LogP contribution in [-0.2, 0) is 0 Å². The fraction of sp³-hybridized carbons (Fsp3) is 1.00. The smallest absolute Gasteiger partial charge is 0.00667 e. The third-order valence-corrected chi connectivity index (χ3v) is 3.83. The summed E-state index contributed by atoms with van der Waals surface area (Å²) in [6.45, 7) is 7.10. The molecule has 1 nitrogen and oxygen atoms in total. The highest BCUT2D eigenvalue weighted by Crippen LogP contribution is 2.36. The lowest BCUT2D eigenvalue weighted by molar-refractivity contribution is 0.147. The van der Waals surface area contributed by atoms with E-state index in [4.69, 9.17) is 0 Å². The number of nitrogens with one attached hydrogen (secondary N) is 1. The van der Waals surface area contributed by atoms with Crippen LogP contribution in [0.4, 0.5) is 0 Å². The molecule has 1 N–H and O–H groups in total. The van der Waals surface area contributed by atoms with Gasteiger partial charge in [-0.3, -0.25) is 0 Å². The minimum Gasteiger partial charge on any atom is -0.317 e. The summed E-state index contributed by atoms with van der Waals surface area (Å²) in [6.07, 6.45) is 5.79. The molecule has 3 unspecified atom stereocenters. The normalized spacial score (nSPS) is 32.1. The molecule has 0 saturated heterocycles. The Morgan fingerprint density at radius 3 is 2.00 bits per heavy atom. The van der Waals surface area contributed by atoms with E-state index in [9.17, 15) is 0 Å². The van der Waals surface area contributed by atoms with Crippen molar-refractivity contribution in [2.75, 3.05) is 7.05 Å². The summed E-state index contributed by atoms with van der Waals surface area (Å²) in [5, 5.41) is 3.42. The molecule has 1 rings (SSSR count). The highest BCUT2D eigenvalue weighted by atomic mass is 14.9. The van der Waals surface area contributed by atoms with E-state index in [2.05, 4.69) is 33.1 Å². The van der Waals surface area contributed by atoms with E-state index in [0.717, 1.165) is 17.8 Å². The van der Waals surface area contributed by atoms with Crippen LogP contribution in [0.3, 0.4) is 0 Å². The van der Waals surface area contributed by atoms with Crippen molar-refractivity contribution >= 4 is 0 Å². The zero-order valence-corrected chi connectivity index (χ0v) is 9.64. The van der Waals surface area contributed by atoms with Crippen LogP contribution in [0.1, 0.15) is 46.5 Å². The maximum atomic E-state index is 3.42. The molecule has 78 valence electrons. The summed E-state index contributed by atoms with van der Waals surface area (Å²) >= 11 is 0. The van der Waals surface area contributed by atoms with E-state index >= 15 is 0 Å². The number of hydrogen-bond donors (Lipinski definition) is 1. The molecule has 1 saturated carbocycles. The molecule has 0 aromatic rings. The molecule has 0 aromatic heterocycles. The van der Waals surface area contributed by atoms with Crippen LogP contribution in [0, 0.1) is 17.8 Å². The van der Waals surface area contributed by atoms with Crippen LogP contribution in [-0.4, -0.2) is 13.1 Å². The molecule has 0 spiro atoms. The molecule has 0 heterocycles. The summed E-state index contributed by atoms with van der Waals surface area (Å²) in [7, 11) is 2.09. The van der Waals surface area contributed by atoms with Crippen molar-refractivity contribution in [3.63, 3.8) is 0 Å². The summed E-state index contributed by atoms with van der Waals surface area (Å²) in [5.74, 6) is 2.73. The first kappa shape index (κ1) is 11.0. The van der Waals surface area contributed by atoms with Gasteiger partial charge in [-0.2, -0.15) is 0 Å². The van der Waals surface area contributed by atoms with Gasteiger partial charge in [-0.05, 0) is 44.6 Å². The highest BCUT2D eigenvalue weighted by Gasteiger charge is 2.30. The molecule has 3 atom stereocenters. The summed E-state index contributed by atoms with van der Waals surface area (Å²) in [6, 6.07) is 0.702. The Balaban J connectivity index is 2.56. The van der Waals surface area contributed by atoms with Crippen molar-refractivity contribution in [3.8, 4) is 0 Å². The Kier molecular flexibility index (Phi) is 4.24. The van der Waals surface area contributed by atoms with Crippen LogP contribution >= 0.6 is 0 Å². The molecular formula is C12H25N. The average molecular weight is 183 g/mol. The maximum absolute atomic E-state index is 3.42. The van der Waals surface area contributed by atoms with Gasteiger partial charge in [0.25, 0.3) is 0 Å². The summed E-state index contributed by atoms with van der Waals surface area (Å²) < 4.78 is 0. The molecule has 1 heteroatoms. The summed E-state index contributed by atoms with van der Waals surface area (Å²) in [5.41, 5.74) is 0. The second kappa shape index (κ2) is 4.99. The second-order valence-corrected chi connectivity index (χ2v) is 4.93. The van der Waals surface area contributed by atoms with Gasteiger partial charge in [-0.25, -0.2) is 0 Å². The predicted molar refractivity (Wildman–Crippen MR) is 58.8 cm³/mol. The average Bonchev–Trinajstić information content (AvgIpc) is 2.16. The Labute approximate surface area is 83.3 Å². The Morgan fingerprint density at radius 1 is 1.00 bits per heavy atom. The van der Waals surface area contributed by atoms with Crippen molar-refractivity contribution in [1.82, 2.24) is 5.32 Å². The lowest BCUT2D eigenvalue weighted by Crippen LogP contribution is -2.38. The fourth-order valence-corrected chi connectivity index (χ4v) is 2.85. The van der Waals surface area contributed by atoms with Crippen LogP contribution in [0.15, 0.2) is 0 Å². The van der Waals surface area contributed by atoms with Crippen molar-refractivity contribution in [2.24, 2.45) is 17.8 Å². The van der Waals surface area contributed by atoms with Gasteiger partial charge in [0, 0.05) is 6.04 Å². The van der Waals surface area contributed by atoms with Crippen molar-refractivity contribution in [3.05, 3.63) is 0 Å². The van der Waals surface area contributed by atoms with Gasteiger partial charge in [-0.15, -0.1) is 0 Å². The van der Waals surface area contributed by atoms with E-state index in [1.54, 1.807) is 0 Å². The maximum Gasteiger partial charge on any atom is 0.00667 e. The zero-order chi connectivity index (χ0) is 9.84. The molecule has 13 heavy (non-hydrogen) atoms. The minimum absolute atomic E-state index is 0.702. The van der Waals surface area contributed by atoms with Crippen molar-refractivity contribution in [1.29, 1.82) is 0 Å². The molecule has 1 aliphatic carbocycles. The molecule has 0 aromatic carbocycles. The topological polar surface area (TPSA) is 12.0 Å². The van der Waals surface area contributed by atoms with E-state index < -0.39 is 0 Å². The standard InChI is InChI=1S/C12H25N/c1-9(2)11-7-5-6-8-12(11)10(3)13-4/h9-13H,5-8H2,1-4H3. The van der Waals surface area contributed by atoms with Gasteiger partial charge < -0.3 is 5.32 Å². The molecule has 1 fully saturated rings.